The molecule has 0 spiro atoms. The summed E-state index contributed by atoms with van der Waals surface area (Å²) in [5.74, 6) is -1.42. The molecule has 0 radical (unpaired) electrons. The van der Waals surface area contributed by atoms with Crippen LogP contribution in [0.5, 0.6) is 0 Å². The summed E-state index contributed by atoms with van der Waals surface area (Å²) in [4.78, 5) is 35.3. The van der Waals surface area contributed by atoms with Crippen molar-refractivity contribution in [2.45, 2.75) is 13.0 Å². The highest BCUT2D eigenvalue weighted by Gasteiger charge is 2.25. The first-order valence-corrected chi connectivity index (χ1v) is 9.00. The predicted octanol–water partition coefficient (Wildman–Crippen LogP) is 4.65. The fourth-order valence-corrected chi connectivity index (χ4v) is 3.78. The maximum Gasteiger partial charge on any atom is 0.350 e. The molecule has 1 N–H and O–H groups in total. The van der Waals surface area contributed by atoms with E-state index in [1.165, 1.54) is 36.5 Å². The molecule has 0 aliphatic heterocycles. The van der Waals surface area contributed by atoms with Gasteiger partial charge in [0.05, 0.1) is 9.95 Å². The molecule has 27 heavy (non-hydrogen) atoms. The highest BCUT2D eigenvalue weighted by atomic mass is 35.5. The van der Waals surface area contributed by atoms with Gasteiger partial charge < -0.3 is 10.1 Å². The molecule has 3 rings (SSSR count). The summed E-state index contributed by atoms with van der Waals surface area (Å²) in [7, 11) is 0. The lowest BCUT2D eigenvalue weighted by Crippen LogP contribution is -2.30. The van der Waals surface area contributed by atoms with E-state index < -0.39 is 22.9 Å². The highest BCUT2D eigenvalue weighted by molar-refractivity contribution is 7.21. The smallest absolute Gasteiger partial charge is 0.350 e. The van der Waals surface area contributed by atoms with Gasteiger partial charge in [0.1, 0.15) is 10.6 Å². The Kier molecular flexibility index (Phi) is 5.38. The van der Waals surface area contributed by atoms with Crippen molar-refractivity contribution in [3.05, 3.63) is 68.5 Å². The van der Waals surface area contributed by atoms with E-state index in [0.29, 0.717) is 0 Å². The Morgan fingerprint density at radius 3 is 2.56 bits per heavy atom. The molecule has 7 nitrogen and oxygen atoms in total. The summed E-state index contributed by atoms with van der Waals surface area (Å²) in [5, 5.41) is 14.4. The van der Waals surface area contributed by atoms with Crippen LogP contribution in [0.2, 0.25) is 5.02 Å². The highest BCUT2D eigenvalue weighted by Crippen LogP contribution is 2.35. The maximum atomic E-state index is 12.4. The van der Waals surface area contributed by atoms with Crippen molar-refractivity contribution in [3.63, 3.8) is 0 Å². The maximum absolute atomic E-state index is 12.4. The van der Waals surface area contributed by atoms with Crippen molar-refractivity contribution in [1.82, 2.24) is 0 Å². The number of amides is 1. The largest absolute Gasteiger partial charge is 0.448 e. The van der Waals surface area contributed by atoms with E-state index in [1.54, 1.807) is 18.2 Å². The average Bonchev–Trinajstić information content (AvgIpc) is 2.99. The molecule has 0 fully saturated rings. The van der Waals surface area contributed by atoms with E-state index in [0.717, 1.165) is 10.1 Å². The minimum absolute atomic E-state index is 0.0234. The number of hydrogen-bond acceptors (Lipinski definition) is 6. The molecule has 2 aromatic carbocycles. The standard InChI is InChI=1S/C18H13ClN2O5S/c1-10(17(22)20-12-7-3-4-8-13(12)21(24)25)26-18(23)16-15(19)11-6-2-5-9-14(11)27-16/h2-10H,1H3,(H,20,22). The van der Waals surface area contributed by atoms with E-state index in [2.05, 4.69) is 5.32 Å². The molecule has 138 valence electrons. The van der Waals surface area contributed by atoms with Crippen molar-refractivity contribution in [2.24, 2.45) is 0 Å². The van der Waals surface area contributed by atoms with E-state index in [9.17, 15) is 19.7 Å². The number of carbonyl (C=O) groups excluding carboxylic acids is 2. The Morgan fingerprint density at radius 1 is 1.19 bits per heavy atom. The van der Waals surface area contributed by atoms with Gasteiger partial charge in [-0.2, -0.15) is 0 Å². The number of nitro groups is 1. The normalized spacial score (nSPS) is 11.8. The van der Waals surface area contributed by atoms with Crippen LogP contribution in [-0.4, -0.2) is 22.9 Å². The van der Waals surface area contributed by atoms with E-state index in [-0.39, 0.29) is 21.3 Å². The van der Waals surface area contributed by atoms with Crippen molar-refractivity contribution >= 4 is 56.3 Å². The van der Waals surface area contributed by atoms with Crippen LogP contribution >= 0.6 is 22.9 Å². The molecule has 0 saturated carbocycles. The lowest BCUT2D eigenvalue weighted by molar-refractivity contribution is -0.383. The molecule has 1 atom stereocenters. The van der Waals surface area contributed by atoms with Gasteiger partial charge in [0.25, 0.3) is 11.6 Å². The number of nitrogens with zero attached hydrogens (tertiary/aromatic N) is 1. The minimum Gasteiger partial charge on any atom is -0.448 e. The van der Waals surface area contributed by atoms with Gasteiger partial charge in [-0.05, 0) is 19.1 Å². The fraction of sp³-hybridized carbons (Fsp3) is 0.111. The van der Waals surface area contributed by atoms with Crippen molar-refractivity contribution in [2.75, 3.05) is 5.32 Å². The van der Waals surface area contributed by atoms with Crippen molar-refractivity contribution < 1.29 is 19.2 Å². The molecule has 9 heteroatoms. The van der Waals surface area contributed by atoms with Crippen LogP contribution < -0.4 is 5.32 Å². The molecule has 1 aromatic heterocycles. The molecule has 0 saturated heterocycles. The number of benzene rings is 2. The molecule has 3 aromatic rings. The van der Waals surface area contributed by atoms with E-state index >= 15 is 0 Å². The van der Waals surface area contributed by atoms with Crippen LogP contribution in [0.3, 0.4) is 0 Å². The number of rotatable bonds is 5. The second-order valence-corrected chi connectivity index (χ2v) is 6.98. The fourth-order valence-electron chi connectivity index (χ4n) is 2.39. The van der Waals surface area contributed by atoms with Gasteiger partial charge in [0.2, 0.25) is 0 Å². The molecule has 1 unspecified atom stereocenters. The SMILES string of the molecule is CC(OC(=O)c1sc2ccccc2c1Cl)C(=O)Nc1ccccc1[N+](=O)[O-]. The first-order chi connectivity index (χ1) is 12.9. The van der Waals surface area contributed by atoms with Crippen LogP contribution in [0.25, 0.3) is 10.1 Å². The summed E-state index contributed by atoms with van der Waals surface area (Å²) < 4.78 is 6.01. The number of nitrogens with one attached hydrogen (secondary N) is 1. The summed E-state index contributed by atoms with van der Waals surface area (Å²) >= 11 is 7.40. The third kappa shape index (κ3) is 3.91. The first kappa shape index (κ1) is 18.8. The zero-order chi connectivity index (χ0) is 19.6. The van der Waals surface area contributed by atoms with Gasteiger partial charge in [-0.15, -0.1) is 11.3 Å². The van der Waals surface area contributed by atoms with Gasteiger partial charge in [-0.25, -0.2) is 4.79 Å². The zero-order valence-electron chi connectivity index (χ0n) is 14.0. The van der Waals surface area contributed by atoms with Crippen LogP contribution in [0, 0.1) is 10.1 Å². The molecule has 1 amide bonds. The van der Waals surface area contributed by atoms with Crippen LogP contribution in [0.1, 0.15) is 16.6 Å². The van der Waals surface area contributed by atoms with Gasteiger partial charge >= 0.3 is 5.97 Å². The predicted molar refractivity (Wildman–Crippen MR) is 103 cm³/mol. The molecule has 0 aliphatic rings. The number of nitro benzene ring substituents is 1. The molecule has 0 bridgehead atoms. The number of thiophene rings is 1. The summed E-state index contributed by atoms with van der Waals surface area (Å²) in [6, 6.07) is 12.9. The lowest BCUT2D eigenvalue weighted by Gasteiger charge is -2.13. The Bertz CT molecular complexity index is 1050. The van der Waals surface area contributed by atoms with Gasteiger partial charge in [-0.1, -0.05) is 41.9 Å². The van der Waals surface area contributed by atoms with E-state index in [1.807, 2.05) is 12.1 Å². The number of hydrogen-bond donors (Lipinski definition) is 1. The Balaban J connectivity index is 1.73. The van der Waals surface area contributed by atoms with Crippen LogP contribution in [0.15, 0.2) is 48.5 Å². The average molecular weight is 405 g/mol. The van der Waals surface area contributed by atoms with Gasteiger partial charge in [0.15, 0.2) is 6.10 Å². The number of ether oxygens (including phenoxy) is 1. The second-order valence-electron chi connectivity index (χ2n) is 5.55. The molecular weight excluding hydrogens is 392 g/mol. The number of para-hydroxylation sites is 2. The molecular formula is C18H13ClN2O5S. The number of anilines is 1. The second kappa shape index (κ2) is 7.73. The zero-order valence-corrected chi connectivity index (χ0v) is 15.5. The third-order valence-corrected chi connectivity index (χ3v) is 5.39. The lowest BCUT2D eigenvalue weighted by atomic mass is 10.2. The Morgan fingerprint density at radius 2 is 1.85 bits per heavy atom. The van der Waals surface area contributed by atoms with E-state index in [4.69, 9.17) is 16.3 Å². The van der Waals surface area contributed by atoms with Gasteiger partial charge in [0, 0.05) is 16.2 Å². The molecule has 1 heterocycles. The van der Waals surface area contributed by atoms with Crippen LogP contribution in [-0.2, 0) is 9.53 Å². The van der Waals surface area contributed by atoms with Crippen LogP contribution in [0.4, 0.5) is 11.4 Å². The monoisotopic (exact) mass is 404 g/mol. The van der Waals surface area contributed by atoms with Gasteiger partial charge in [-0.3, -0.25) is 14.9 Å². The number of fused-ring (bicyclic) bond motifs is 1. The summed E-state index contributed by atoms with van der Waals surface area (Å²) in [5.41, 5.74) is -0.229. The topological polar surface area (TPSA) is 98.5 Å². The molecule has 0 aliphatic carbocycles. The minimum atomic E-state index is -1.17. The first-order valence-electron chi connectivity index (χ1n) is 7.80. The quantitative estimate of drug-likeness (QED) is 0.379. The summed E-state index contributed by atoms with van der Waals surface area (Å²) in [6.45, 7) is 1.38. The third-order valence-electron chi connectivity index (χ3n) is 3.73. The van der Waals surface area contributed by atoms with Crippen molar-refractivity contribution in [3.8, 4) is 0 Å². The summed E-state index contributed by atoms with van der Waals surface area (Å²) in [6.07, 6.45) is -1.17. The Labute approximate surface area is 162 Å². The Hall–Kier alpha value is -2.97. The van der Waals surface area contributed by atoms with Crippen molar-refractivity contribution in [1.29, 1.82) is 0 Å². The number of carbonyl (C=O) groups is 2. The number of halogens is 1. The number of esters is 1.